The van der Waals surface area contributed by atoms with E-state index in [-0.39, 0.29) is 36.9 Å². The highest BCUT2D eigenvalue weighted by Gasteiger charge is 2.35. The van der Waals surface area contributed by atoms with Crippen LogP contribution in [0.25, 0.3) is 0 Å². The molecule has 3 aliphatic heterocycles. The first-order valence-electron chi connectivity index (χ1n) is 12.1. The molecule has 0 spiro atoms. The summed E-state index contributed by atoms with van der Waals surface area (Å²) in [5, 5.41) is 0. The Morgan fingerprint density at radius 3 is 2.89 bits per heavy atom. The van der Waals surface area contributed by atoms with Crippen LogP contribution in [0.5, 0.6) is 0 Å². The zero-order chi connectivity index (χ0) is 25.2. The summed E-state index contributed by atoms with van der Waals surface area (Å²) in [7, 11) is 1.59. The minimum absolute atomic E-state index is 0.0480. The van der Waals surface area contributed by atoms with Crippen LogP contribution < -0.4 is 5.56 Å². The lowest BCUT2D eigenvalue weighted by Gasteiger charge is -2.28. The summed E-state index contributed by atoms with van der Waals surface area (Å²) in [6.07, 6.45) is 13.8. The number of pyridine rings is 1. The number of carbonyl (C=O) groups excluding carboxylic acids is 1. The largest absolute Gasteiger partial charge is 0.463 e. The molecule has 1 aromatic rings. The molecule has 8 heteroatoms. The lowest BCUT2D eigenvalue weighted by molar-refractivity contribution is -0.167. The van der Waals surface area contributed by atoms with E-state index in [0.29, 0.717) is 25.1 Å². The van der Waals surface area contributed by atoms with E-state index in [1.165, 1.54) is 6.92 Å². The number of ether oxygens (including phenoxy) is 4. The molecule has 4 aliphatic rings. The zero-order valence-corrected chi connectivity index (χ0v) is 20.7. The van der Waals surface area contributed by atoms with Crippen molar-refractivity contribution in [2.45, 2.75) is 51.9 Å². The zero-order valence-electron chi connectivity index (χ0n) is 20.7. The van der Waals surface area contributed by atoms with Crippen LogP contribution in [0.2, 0.25) is 0 Å². The second-order valence-corrected chi connectivity index (χ2v) is 9.19. The Morgan fingerprint density at radius 2 is 2.08 bits per heavy atom. The molecule has 4 heterocycles. The smallest absolute Gasteiger partial charge is 0.302 e. The van der Waals surface area contributed by atoms with Crippen molar-refractivity contribution in [2.24, 2.45) is 4.99 Å². The van der Waals surface area contributed by atoms with E-state index >= 15 is 0 Å². The highest BCUT2D eigenvalue weighted by atomic mass is 16.7. The van der Waals surface area contributed by atoms with Gasteiger partial charge in [-0.05, 0) is 42.2 Å². The third-order valence-corrected chi connectivity index (χ3v) is 6.73. The quantitative estimate of drug-likeness (QED) is 0.431. The van der Waals surface area contributed by atoms with Gasteiger partial charge in [-0.15, -0.1) is 0 Å². The SMILES string of the molecule is COCc1c(C)cc2n(c1=O)CC1=C(COC3C=CCC(COC(C)=O)O3)C3=CC=CC=CC3N=C12. The Bertz CT molecular complexity index is 1310. The maximum absolute atomic E-state index is 13.3. The lowest BCUT2D eigenvalue weighted by atomic mass is 9.89. The number of aryl methyl sites for hydroxylation is 1. The molecule has 0 amide bonds. The molecule has 3 unspecified atom stereocenters. The van der Waals surface area contributed by atoms with Gasteiger partial charge in [-0.1, -0.05) is 36.5 Å². The topological polar surface area (TPSA) is 88.3 Å². The molecule has 0 saturated heterocycles. The van der Waals surface area contributed by atoms with Crippen molar-refractivity contribution in [3.05, 3.63) is 92.5 Å². The van der Waals surface area contributed by atoms with Crippen LogP contribution in [0.15, 0.2) is 75.1 Å². The average Bonchev–Trinajstić information content (AvgIpc) is 3.05. The van der Waals surface area contributed by atoms with Gasteiger partial charge >= 0.3 is 5.97 Å². The molecule has 0 bridgehead atoms. The van der Waals surface area contributed by atoms with E-state index in [4.69, 9.17) is 23.9 Å². The lowest BCUT2D eigenvalue weighted by Crippen LogP contribution is -2.31. The van der Waals surface area contributed by atoms with Crippen LogP contribution >= 0.6 is 0 Å². The molecule has 0 radical (unpaired) electrons. The second-order valence-electron chi connectivity index (χ2n) is 9.19. The van der Waals surface area contributed by atoms with Crippen molar-refractivity contribution in [1.29, 1.82) is 0 Å². The third-order valence-electron chi connectivity index (χ3n) is 6.73. The average molecular weight is 491 g/mol. The maximum atomic E-state index is 13.3. The number of allylic oxidation sites excluding steroid dienone is 5. The van der Waals surface area contributed by atoms with E-state index in [1.807, 2.05) is 43.4 Å². The fourth-order valence-corrected chi connectivity index (χ4v) is 4.93. The highest BCUT2D eigenvalue weighted by molar-refractivity contribution is 6.15. The van der Waals surface area contributed by atoms with Crippen molar-refractivity contribution in [3.8, 4) is 0 Å². The summed E-state index contributed by atoms with van der Waals surface area (Å²) in [4.78, 5) is 29.5. The summed E-state index contributed by atoms with van der Waals surface area (Å²) in [5.74, 6) is -0.334. The molecule has 5 rings (SSSR count). The van der Waals surface area contributed by atoms with Crippen molar-refractivity contribution < 1.29 is 23.7 Å². The van der Waals surface area contributed by atoms with E-state index < -0.39 is 6.29 Å². The number of hydrogen-bond donors (Lipinski definition) is 0. The Morgan fingerprint density at radius 1 is 1.22 bits per heavy atom. The van der Waals surface area contributed by atoms with E-state index in [9.17, 15) is 9.59 Å². The van der Waals surface area contributed by atoms with Crippen molar-refractivity contribution >= 4 is 11.7 Å². The first-order valence-corrected chi connectivity index (χ1v) is 12.1. The number of fused-ring (bicyclic) bond motifs is 4. The molecule has 36 heavy (non-hydrogen) atoms. The number of hydrogen-bond acceptors (Lipinski definition) is 7. The Balaban J connectivity index is 1.46. The second kappa shape index (κ2) is 10.3. The van der Waals surface area contributed by atoms with Gasteiger partial charge in [-0.3, -0.25) is 14.6 Å². The minimum Gasteiger partial charge on any atom is -0.463 e. The van der Waals surface area contributed by atoms with Gasteiger partial charge in [0.2, 0.25) is 0 Å². The van der Waals surface area contributed by atoms with E-state index in [2.05, 4.69) is 12.2 Å². The Labute approximate surface area is 209 Å². The number of aliphatic imine (C=N–C) groups is 1. The van der Waals surface area contributed by atoms with E-state index in [0.717, 1.165) is 33.7 Å². The Hall–Kier alpha value is -3.33. The van der Waals surface area contributed by atoms with Gasteiger partial charge in [0.05, 0.1) is 43.3 Å². The minimum atomic E-state index is -0.562. The first kappa shape index (κ1) is 24.4. The molecule has 0 N–H and O–H groups in total. The maximum Gasteiger partial charge on any atom is 0.302 e. The fraction of sp³-hybridized carbons (Fsp3) is 0.393. The van der Waals surface area contributed by atoms with Crippen LogP contribution in [0, 0.1) is 6.92 Å². The first-order chi connectivity index (χ1) is 17.5. The summed E-state index contributed by atoms with van der Waals surface area (Å²) < 4.78 is 24.4. The van der Waals surface area contributed by atoms with Crippen LogP contribution in [-0.2, 0) is 36.9 Å². The van der Waals surface area contributed by atoms with Crippen molar-refractivity contribution in [1.82, 2.24) is 4.57 Å². The number of methoxy groups -OCH3 is 1. The van der Waals surface area contributed by atoms with Gasteiger partial charge in [0.1, 0.15) is 6.61 Å². The van der Waals surface area contributed by atoms with Gasteiger partial charge in [-0.25, -0.2) is 0 Å². The normalized spacial score (nSPS) is 24.0. The summed E-state index contributed by atoms with van der Waals surface area (Å²) in [6.45, 7) is 4.50. The van der Waals surface area contributed by atoms with Crippen molar-refractivity contribution in [3.63, 3.8) is 0 Å². The molecule has 0 saturated carbocycles. The van der Waals surface area contributed by atoms with Crippen LogP contribution in [-0.4, -0.2) is 55.0 Å². The molecular weight excluding hydrogens is 460 g/mol. The van der Waals surface area contributed by atoms with Crippen LogP contribution in [0.1, 0.15) is 30.2 Å². The van der Waals surface area contributed by atoms with Crippen molar-refractivity contribution in [2.75, 3.05) is 20.3 Å². The molecule has 0 fully saturated rings. The third kappa shape index (κ3) is 4.72. The predicted molar refractivity (Wildman–Crippen MR) is 135 cm³/mol. The summed E-state index contributed by atoms with van der Waals surface area (Å²) in [5.41, 5.74) is 6.21. The molecule has 8 nitrogen and oxygen atoms in total. The van der Waals surface area contributed by atoms with E-state index in [1.54, 1.807) is 11.7 Å². The predicted octanol–water partition coefficient (Wildman–Crippen LogP) is 3.09. The van der Waals surface area contributed by atoms with Gasteiger partial charge in [0, 0.05) is 25.2 Å². The van der Waals surface area contributed by atoms with Gasteiger partial charge in [0.15, 0.2) is 6.29 Å². The number of carbonyl (C=O) groups is 1. The van der Waals surface area contributed by atoms with Crippen LogP contribution in [0.3, 0.4) is 0 Å². The number of aromatic nitrogens is 1. The molecule has 1 aromatic heterocycles. The van der Waals surface area contributed by atoms with Gasteiger partial charge in [0.25, 0.3) is 5.56 Å². The Kier molecular flexibility index (Phi) is 7.00. The molecule has 0 aromatic carbocycles. The number of dihydropyridines is 1. The molecule has 1 aliphatic carbocycles. The molecule has 3 atom stereocenters. The molecular formula is C28H30N2O6. The summed E-state index contributed by atoms with van der Waals surface area (Å²) >= 11 is 0. The fourth-order valence-electron chi connectivity index (χ4n) is 4.93. The van der Waals surface area contributed by atoms with Crippen LogP contribution in [0.4, 0.5) is 0 Å². The summed E-state index contributed by atoms with van der Waals surface area (Å²) in [6, 6.07) is 1.86. The van der Waals surface area contributed by atoms with Gasteiger partial charge < -0.3 is 23.5 Å². The number of rotatable bonds is 7. The molecule has 188 valence electrons. The monoisotopic (exact) mass is 490 g/mol. The van der Waals surface area contributed by atoms with Gasteiger partial charge in [-0.2, -0.15) is 0 Å². The number of nitrogens with zero attached hydrogens (tertiary/aromatic N) is 2. The highest BCUT2D eigenvalue weighted by Crippen LogP contribution is 2.35. The standard InChI is InChI=1S/C28H30N2O6/c1-17-12-25-27-21(13-30(25)28(32)22(17)15-33-3)23(20-9-5-4-6-10-24(20)29-27)16-35-26-11-7-8-19(36-26)14-34-18(2)31/h4-7,9-12,19,24,26H,8,13-16H2,1-3H3. The number of esters is 1.